The molecule has 0 fully saturated rings. The Labute approximate surface area is 156 Å². The molecule has 134 valence electrons. The number of nitrogens with one attached hydrogen (secondary N) is 1. The van der Waals surface area contributed by atoms with Crippen LogP contribution in [0.4, 0.5) is 4.39 Å². The highest BCUT2D eigenvalue weighted by atomic mass is 35.5. The number of imidazole rings is 1. The first-order chi connectivity index (χ1) is 12.1. The summed E-state index contributed by atoms with van der Waals surface area (Å²) < 4.78 is 15.1. The molecule has 7 heteroatoms. The third kappa shape index (κ3) is 4.17. The molecule has 26 heavy (non-hydrogen) atoms. The Bertz CT molecular complexity index is 919. The van der Waals surface area contributed by atoms with Gasteiger partial charge in [0.15, 0.2) is 0 Å². The summed E-state index contributed by atoms with van der Waals surface area (Å²) in [5.41, 5.74) is 5.82. The fourth-order valence-corrected chi connectivity index (χ4v) is 2.55. The summed E-state index contributed by atoms with van der Waals surface area (Å²) in [5, 5.41) is 8.48. The molecule has 0 atom stereocenters. The monoisotopic (exact) mass is 373 g/mol. The molecule has 0 aliphatic rings. The number of aryl methyl sites for hydroxylation is 1. The Morgan fingerprint density at radius 1 is 1.12 bits per heavy atom. The smallest absolute Gasteiger partial charge is 0.267 e. The van der Waals surface area contributed by atoms with Gasteiger partial charge in [-0.05, 0) is 35.9 Å². The SMILES string of the molecule is Cl.Cn1cnc(-c2ccc(F)cc2)c1-c1ccc(C=CC(=O)NO)cc1. The van der Waals surface area contributed by atoms with Gasteiger partial charge in [0.1, 0.15) is 5.82 Å². The number of hydrogen-bond acceptors (Lipinski definition) is 3. The molecule has 3 aromatic rings. The lowest BCUT2D eigenvalue weighted by atomic mass is 10.0. The van der Waals surface area contributed by atoms with Crippen LogP contribution in [0, 0.1) is 5.82 Å². The van der Waals surface area contributed by atoms with Crippen LogP contribution in [-0.2, 0) is 11.8 Å². The minimum atomic E-state index is -0.589. The lowest BCUT2D eigenvalue weighted by Gasteiger charge is -2.07. The number of carbonyl (C=O) groups is 1. The molecule has 0 unspecified atom stereocenters. The topological polar surface area (TPSA) is 67.2 Å². The van der Waals surface area contributed by atoms with Gasteiger partial charge in [0.05, 0.1) is 17.7 Å². The molecule has 3 rings (SSSR count). The van der Waals surface area contributed by atoms with Gasteiger partial charge in [0.2, 0.25) is 0 Å². The van der Waals surface area contributed by atoms with E-state index in [0.29, 0.717) is 0 Å². The second-order valence-corrected chi connectivity index (χ2v) is 5.49. The number of aromatic nitrogens is 2. The Morgan fingerprint density at radius 2 is 1.73 bits per heavy atom. The van der Waals surface area contributed by atoms with Crippen LogP contribution in [0.2, 0.25) is 0 Å². The second kappa shape index (κ2) is 8.42. The van der Waals surface area contributed by atoms with E-state index in [1.54, 1.807) is 30.0 Å². The van der Waals surface area contributed by atoms with Gasteiger partial charge in [0.25, 0.3) is 5.91 Å². The molecule has 0 bridgehead atoms. The van der Waals surface area contributed by atoms with E-state index in [-0.39, 0.29) is 18.2 Å². The van der Waals surface area contributed by atoms with Crippen molar-refractivity contribution in [3.05, 3.63) is 72.3 Å². The van der Waals surface area contributed by atoms with Gasteiger partial charge in [-0.2, -0.15) is 0 Å². The van der Waals surface area contributed by atoms with Gasteiger partial charge in [-0.3, -0.25) is 10.0 Å². The summed E-state index contributed by atoms with van der Waals surface area (Å²) in [6.07, 6.45) is 4.55. The fourth-order valence-electron chi connectivity index (χ4n) is 2.55. The maximum absolute atomic E-state index is 13.2. The van der Waals surface area contributed by atoms with Crippen molar-refractivity contribution in [1.82, 2.24) is 15.0 Å². The van der Waals surface area contributed by atoms with Gasteiger partial charge in [0, 0.05) is 24.3 Å². The quantitative estimate of drug-likeness (QED) is 0.415. The van der Waals surface area contributed by atoms with Crippen molar-refractivity contribution >= 4 is 24.4 Å². The first-order valence-electron chi connectivity index (χ1n) is 7.58. The molecule has 0 saturated carbocycles. The molecular weight excluding hydrogens is 357 g/mol. The lowest BCUT2D eigenvalue weighted by molar-refractivity contribution is -0.124. The number of hydroxylamine groups is 1. The molecular formula is C19H17ClFN3O2. The molecule has 0 aliphatic carbocycles. The summed E-state index contributed by atoms with van der Waals surface area (Å²) in [5.74, 6) is -0.876. The van der Waals surface area contributed by atoms with E-state index < -0.39 is 5.91 Å². The number of benzene rings is 2. The normalized spacial score (nSPS) is 10.6. The zero-order valence-electron chi connectivity index (χ0n) is 13.9. The third-order valence-electron chi connectivity index (χ3n) is 3.78. The molecule has 0 radical (unpaired) electrons. The van der Waals surface area contributed by atoms with Crippen LogP contribution in [0.15, 0.2) is 60.9 Å². The van der Waals surface area contributed by atoms with Crippen molar-refractivity contribution in [1.29, 1.82) is 0 Å². The van der Waals surface area contributed by atoms with E-state index in [2.05, 4.69) is 4.98 Å². The van der Waals surface area contributed by atoms with Crippen LogP contribution in [-0.4, -0.2) is 20.7 Å². The minimum absolute atomic E-state index is 0. The van der Waals surface area contributed by atoms with Crippen molar-refractivity contribution in [2.24, 2.45) is 7.05 Å². The number of hydrogen-bond donors (Lipinski definition) is 2. The lowest BCUT2D eigenvalue weighted by Crippen LogP contribution is -2.14. The highest BCUT2D eigenvalue weighted by molar-refractivity contribution is 5.91. The average molecular weight is 374 g/mol. The Morgan fingerprint density at radius 3 is 2.35 bits per heavy atom. The summed E-state index contributed by atoms with van der Waals surface area (Å²) >= 11 is 0. The summed E-state index contributed by atoms with van der Waals surface area (Å²) in [7, 11) is 1.90. The van der Waals surface area contributed by atoms with E-state index in [1.165, 1.54) is 18.2 Å². The first kappa shape index (κ1) is 19.4. The van der Waals surface area contributed by atoms with E-state index in [9.17, 15) is 9.18 Å². The standard InChI is InChI=1S/C19H16FN3O2.ClH/c1-23-12-21-18(14-7-9-16(20)10-8-14)19(23)15-5-2-13(3-6-15)4-11-17(24)22-25;/h2-12,25H,1H3,(H,22,24);1H. The third-order valence-corrected chi connectivity index (χ3v) is 3.78. The van der Waals surface area contributed by atoms with Crippen LogP contribution < -0.4 is 5.48 Å². The molecule has 0 spiro atoms. The maximum atomic E-state index is 13.2. The zero-order valence-corrected chi connectivity index (χ0v) is 14.7. The van der Waals surface area contributed by atoms with Gasteiger partial charge < -0.3 is 4.57 Å². The first-order valence-corrected chi connectivity index (χ1v) is 7.58. The number of nitrogens with zero attached hydrogens (tertiary/aromatic N) is 2. The molecule has 2 aromatic carbocycles. The molecule has 1 amide bonds. The number of amides is 1. The molecule has 0 aliphatic heterocycles. The Balaban J connectivity index is 0.00000243. The maximum Gasteiger partial charge on any atom is 0.267 e. The van der Waals surface area contributed by atoms with Crippen molar-refractivity contribution in [3.63, 3.8) is 0 Å². The summed E-state index contributed by atoms with van der Waals surface area (Å²) in [4.78, 5) is 15.5. The Kier molecular flexibility index (Phi) is 6.27. The Hall–Kier alpha value is -2.96. The highest BCUT2D eigenvalue weighted by Gasteiger charge is 2.13. The van der Waals surface area contributed by atoms with Crippen LogP contribution in [0.1, 0.15) is 5.56 Å². The predicted molar refractivity (Wildman–Crippen MR) is 100 cm³/mol. The van der Waals surface area contributed by atoms with Crippen molar-refractivity contribution in [3.8, 4) is 22.5 Å². The van der Waals surface area contributed by atoms with E-state index in [4.69, 9.17) is 5.21 Å². The fraction of sp³-hybridized carbons (Fsp3) is 0.0526. The van der Waals surface area contributed by atoms with Gasteiger partial charge >= 0.3 is 0 Å². The highest BCUT2D eigenvalue weighted by Crippen LogP contribution is 2.31. The zero-order chi connectivity index (χ0) is 17.8. The largest absolute Gasteiger partial charge is 0.333 e. The van der Waals surface area contributed by atoms with Crippen LogP contribution in [0.25, 0.3) is 28.6 Å². The van der Waals surface area contributed by atoms with E-state index in [0.717, 1.165) is 28.1 Å². The van der Waals surface area contributed by atoms with Crippen molar-refractivity contribution in [2.45, 2.75) is 0 Å². The number of halogens is 2. The molecule has 1 heterocycles. The molecule has 5 nitrogen and oxygen atoms in total. The van der Waals surface area contributed by atoms with Crippen LogP contribution >= 0.6 is 12.4 Å². The minimum Gasteiger partial charge on any atom is -0.333 e. The number of carbonyl (C=O) groups excluding carboxylic acids is 1. The van der Waals surface area contributed by atoms with Gasteiger partial charge in [-0.25, -0.2) is 14.9 Å². The summed E-state index contributed by atoms with van der Waals surface area (Å²) in [6.45, 7) is 0. The second-order valence-electron chi connectivity index (χ2n) is 5.49. The van der Waals surface area contributed by atoms with E-state index >= 15 is 0 Å². The molecule has 2 N–H and O–H groups in total. The summed E-state index contributed by atoms with van der Waals surface area (Å²) in [6, 6.07) is 13.8. The van der Waals surface area contributed by atoms with Gasteiger partial charge in [-0.15, -0.1) is 12.4 Å². The van der Waals surface area contributed by atoms with Crippen molar-refractivity contribution in [2.75, 3.05) is 0 Å². The number of rotatable bonds is 4. The van der Waals surface area contributed by atoms with Crippen molar-refractivity contribution < 1.29 is 14.4 Å². The van der Waals surface area contributed by atoms with E-state index in [1.807, 2.05) is 35.9 Å². The van der Waals surface area contributed by atoms with Gasteiger partial charge in [-0.1, -0.05) is 24.3 Å². The molecule has 0 saturated heterocycles. The molecule has 1 aromatic heterocycles. The average Bonchev–Trinajstić information content (AvgIpc) is 3.02. The van der Waals surface area contributed by atoms with Crippen LogP contribution in [0.5, 0.6) is 0 Å². The van der Waals surface area contributed by atoms with Crippen LogP contribution in [0.3, 0.4) is 0 Å². The predicted octanol–water partition coefficient (Wildman–Crippen LogP) is 3.83.